The first-order chi connectivity index (χ1) is 13.5. The quantitative estimate of drug-likeness (QED) is 0.486. The van der Waals surface area contributed by atoms with E-state index < -0.39 is 6.04 Å². The summed E-state index contributed by atoms with van der Waals surface area (Å²) in [6.45, 7) is 1.92. The zero-order valence-electron chi connectivity index (χ0n) is 16.5. The topological polar surface area (TPSA) is 84.7 Å². The highest BCUT2D eigenvalue weighted by Gasteiger charge is 2.38. The lowest BCUT2D eigenvalue weighted by atomic mass is 10.2. The summed E-state index contributed by atoms with van der Waals surface area (Å²) >= 11 is 0. The molecule has 2 aromatic carbocycles. The number of rotatable bonds is 4. The van der Waals surface area contributed by atoms with Gasteiger partial charge in [-0.2, -0.15) is 10.2 Å². The second-order valence-corrected chi connectivity index (χ2v) is 6.67. The fourth-order valence-electron chi connectivity index (χ4n) is 2.89. The first-order valence-corrected chi connectivity index (χ1v) is 9.07. The molecule has 1 heterocycles. The van der Waals surface area contributed by atoms with Gasteiger partial charge in [0.1, 0.15) is 5.69 Å². The molecule has 0 spiro atoms. The molecule has 0 bridgehead atoms. The average Bonchev–Trinajstić information content (AvgIpc) is 2.99. The molecule has 1 fully saturated rings. The number of amides is 1. The zero-order chi connectivity index (χ0) is 20.1. The van der Waals surface area contributed by atoms with Crippen molar-refractivity contribution in [2.45, 2.75) is 19.0 Å². The molecule has 1 aliphatic rings. The number of anilines is 2. The minimum atomic E-state index is -0.596. The summed E-state index contributed by atoms with van der Waals surface area (Å²) in [4.78, 5) is 18.9. The second-order valence-electron chi connectivity index (χ2n) is 6.67. The highest BCUT2D eigenvalue weighted by Crippen LogP contribution is 2.27. The van der Waals surface area contributed by atoms with Gasteiger partial charge >= 0.3 is 0 Å². The predicted molar refractivity (Wildman–Crippen MR) is 112 cm³/mol. The lowest BCUT2D eigenvalue weighted by Gasteiger charge is -2.17. The molecular formula is C20H25N7O. The molecule has 28 heavy (non-hydrogen) atoms. The normalized spacial score (nSPS) is 20.1. The number of nitrogens with zero attached hydrogens (tertiary/aromatic N) is 5. The van der Waals surface area contributed by atoms with Gasteiger partial charge in [-0.15, -0.1) is 0 Å². The van der Waals surface area contributed by atoms with Gasteiger partial charge < -0.3 is 10.2 Å². The van der Waals surface area contributed by atoms with Crippen LogP contribution in [-0.2, 0) is 4.79 Å². The third-order valence-electron chi connectivity index (χ3n) is 4.37. The molecule has 8 heteroatoms. The van der Waals surface area contributed by atoms with E-state index in [4.69, 9.17) is 0 Å². The van der Waals surface area contributed by atoms with E-state index in [0.717, 1.165) is 11.4 Å². The van der Waals surface area contributed by atoms with Crippen molar-refractivity contribution in [3.05, 3.63) is 54.6 Å². The van der Waals surface area contributed by atoms with Gasteiger partial charge in [0.2, 0.25) is 0 Å². The number of azo groups is 1. The first-order valence-electron chi connectivity index (χ1n) is 9.07. The van der Waals surface area contributed by atoms with Gasteiger partial charge in [-0.05, 0) is 31.2 Å². The van der Waals surface area contributed by atoms with Crippen molar-refractivity contribution < 1.29 is 4.79 Å². The Morgan fingerprint density at radius 1 is 1.11 bits per heavy atom. The number of carbonyl (C=O) groups is 1. The van der Waals surface area contributed by atoms with Crippen LogP contribution in [0, 0.1) is 0 Å². The van der Waals surface area contributed by atoms with Crippen molar-refractivity contribution in [3.63, 3.8) is 0 Å². The van der Waals surface area contributed by atoms with Gasteiger partial charge in [0.15, 0.2) is 12.0 Å². The molecule has 3 rings (SSSR count). The molecule has 146 valence electrons. The third-order valence-corrected chi connectivity index (χ3v) is 4.37. The molecule has 1 amide bonds. The van der Waals surface area contributed by atoms with E-state index in [9.17, 15) is 4.79 Å². The summed E-state index contributed by atoms with van der Waals surface area (Å²) in [6.07, 6.45) is 0. The summed E-state index contributed by atoms with van der Waals surface area (Å²) in [6, 6.07) is 16.2. The number of nitrogens with one attached hydrogen (secondary N) is 2. The summed E-state index contributed by atoms with van der Waals surface area (Å²) in [5, 5.41) is 13.5. The SMILES string of the molecule is CN=C(Nc1ccccc1N=NC1C(=O)N(c2ccccc2)NC1C)N(C)C. The molecule has 0 saturated carbocycles. The third kappa shape index (κ3) is 4.17. The fraction of sp³-hybridized carbons (Fsp3) is 0.300. The molecule has 1 aliphatic heterocycles. The van der Waals surface area contributed by atoms with Gasteiger partial charge in [-0.1, -0.05) is 30.3 Å². The van der Waals surface area contributed by atoms with E-state index >= 15 is 0 Å². The van der Waals surface area contributed by atoms with Gasteiger partial charge in [0, 0.05) is 21.1 Å². The molecule has 2 unspecified atom stereocenters. The molecule has 0 aliphatic carbocycles. The molecule has 1 saturated heterocycles. The maximum Gasteiger partial charge on any atom is 0.269 e. The van der Waals surface area contributed by atoms with E-state index in [1.165, 1.54) is 5.01 Å². The predicted octanol–water partition coefficient (Wildman–Crippen LogP) is 3.04. The lowest BCUT2D eigenvalue weighted by Crippen LogP contribution is -2.36. The van der Waals surface area contributed by atoms with Crippen molar-refractivity contribution in [2.24, 2.45) is 15.2 Å². The highest BCUT2D eigenvalue weighted by molar-refractivity contribution is 5.99. The number of aliphatic imine (C=N–C) groups is 1. The van der Waals surface area contributed by atoms with Crippen molar-refractivity contribution >= 4 is 28.9 Å². The molecule has 2 aromatic rings. The van der Waals surface area contributed by atoms with E-state index in [0.29, 0.717) is 11.6 Å². The van der Waals surface area contributed by atoms with Crippen LogP contribution in [0.5, 0.6) is 0 Å². The van der Waals surface area contributed by atoms with Gasteiger partial charge in [0.05, 0.1) is 17.4 Å². The van der Waals surface area contributed by atoms with Crippen LogP contribution in [0.3, 0.4) is 0 Å². The van der Waals surface area contributed by atoms with Crippen molar-refractivity contribution in [1.82, 2.24) is 10.3 Å². The monoisotopic (exact) mass is 379 g/mol. The number of hydrogen-bond donors (Lipinski definition) is 2. The number of benzene rings is 2. The van der Waals surface area contributed by atoms with Crippen LogP contribution in [0.15, 0.2) is 69.8 Å². The summed E-state index contributed by atoms with van der Waals surface area (Å²) in [7, 11) is 5.53. The Morgan fingerprint density at radius 3 is 2.46 bits per heavy atom. The number of guanidine groups is 1. The summed E-state index contributed by atoms with van der Waals surface area (Å²) in [5.74, 6) is 0.571. The van der Waals surface area contributed by atoms with Crippen LogP contribution in [0.25, 0.3) is 0 Å². The van der Waals surface area contributed by atoms with Crippen LogP contribution in [0.2, 0.25) is 0 Å². The number of hydrogen-bond acceptors (Lipinski definition) is 5. The van der Waals surface area contributed by atoms with Gasteiger partial charge in [-0.3, -0.25) is 9.79 Å². The Hall–Kier alpha value is -3.26. The molecule has 0 aromatic heterocycles. The summed E-state index contributed by atoms with van der Waals surface area (Å²) in [5.41, 5.74) is 5.36. The zero-order valence-corrected chi connectivity index (χ0v) is 16.5. The molecule has 8 nitrogen and oxygen atoms in total. The lowest BCUT2D eigenvalue weighted by molar-refractivity contribution is -0.118. The van der Waals surface area contributed by atoms with E-state index in [-0.39, 0.29) is 11.9 Å². The Balaban J connectivity index is 1.80. The van der Waals surface area contributed by atoms with Crippen LogP contribution in [-0.4, -0.2) is 50.0 Å². The maximum atomic E-state index is 12.8. The number of hydrazine groups is 1. The van der Waals surface area contributed by atoms with Gasteiger partial charge in [0.25, 0.3) is 5.91 Å². The molecule has 0 radical (unpaired) electrons. The molecule has 2 N–H and O–H groups in total. The Morgan fingerprint density at radius 2 is 1.79 bits per heavy atom. The van der Waals surface area contributed by atoms with Crippen molar-refractivity contribution in [1.29, 1.82) is 0 Å². The van der Waals surface area contributed by atoms with E-state index in [1.54, 1.807) is 7.05 Å². The number of carbonyl (C=O) groups excluding carboxylic acids is 1. The maximum absolute atomic E-state index is 12.8. The Labute approximate surface area is 164 Å². The highest BCUT2D eigenvalue weighted by atomic mass is 16.2. The van der Waals surface area contributed by atoms with Crippen LogP contribution in [0.4, 0.5) is 17.1 Å². The second kappa shape index (κ2) is 8.62. The minimum Gasteiger partial charge on any atom is -0.349 e. The van der Waals surface area contributed by atoms with Crippen molar-refractivity contribution in [2.75, 3.05) is 31.5 Å². The van der Waals surface area contributed by atoms with E-state index in [2.05, 4.69) is 26.0 Å². The van der Waals surface area contributed by atoms with Crippen LogP contribution < -0.4 is 15.8 Å². The molecular weight excluding hydrogens is 354 g/mol. The van der Waals surface area contributed by atoms with E-state index in [1.807, 2.05) is 80.5 Å². The Bertz CT molecular complexity index is 879. The number of para-hydroxylation sites is 2. The van der Waals surface area contributed by atoms with Crippen LogP contribution >= 0.6 is 0 Å². The van der Waals surface area contributed by atoms with Gasteiger partial charge in [-0.25, -0.2) is 10.4 Å². The summed E-state index contributed by atoms with van der Waals surface area (Å²) < 4.78 is 0. The van der Waals surface area contributed by atoms with Crippen LogP contribution in [0.1, 0.15) is 6.92 Å². The van der Waals surface area contributed by atoms with Crippen molar-refractivity contribution in [3.8, 4) is 0 Å². The first kappa shape index (κ1) is 19.5. The smallest absolute Gasteiger partial charge is 0.269 e. The standard InChI is InChI=1S/C20H25N7O/c1-14-18(19(28)27(25-14)15-10-6-5-7-11-15)24-23-17-13-9-8-12-16(17)22-20(21-2)26(3)4/h5-14,18,25H,1-4H3,(H,21,22). The minimum absolute atomic E-state index is 0.128. The Kier molecular flexibility index (Phi) is 6.00. The average molecular weight is 379 g/mol. The fourth-order valence-corrected chi connectivity index (χ4v) is 2.89. The molecule has 2 atom stereocenters. The largest absolute Gasteiger partial charge is 0.349 e.